The lowest BCUT2D eigenvalue weighted by Gasteiger charge is -2.38. The average molecular weight is 499 g/mol. The van der Waals surface area contributed by atoms with E-state index in [-0.39, 0.29) is 29.7 Å². The van der Waals surface area contributed by atoms with Crippen molar-refractivity contribution in [2.24, 2.45) is 0 Å². The van der Waals surface area contributed by atoms with Crippen LogP contribution in [0.2, 0.25) is 0 Å². The molecule has 2 heterocycles. The van der Waals surface area contributed by atoms with Gasteiger partial charge in [0, 0.05) is 26.2 Å². The Bertz CT molecular complexity index is 1250. The number of ether oxygens (including phenoxy) is 1. The van der Waals surface area contributed by atoms with Crippen LogP contribution in [0, 0.1) is 13.8 Å². The SMILES string of the molecule is CCOc1ccccc1NC(=O)[C@@H](c1ccccc1)N1CCN(S(=O)(=O)c2c(C)noc2C)CC1. The summed E-state index contributed by atoms with van der Waals surface area (Å²) in [4.78, 5) is 15.7. The highest BCUT2D eigenvalue weighted by atomic mass is 32.2. The lowest BCUT2D eigenvalue weighted by Crippen LogP contribution is -2.51. The fraction of sp³-hybridized carbons (Fsp3) is 0.360. The zero-order valence-corrected chi connectivity index (χ0v) is 20.9. The molecule has 35 heavy (non-hydrogen) atoms. The van der Waals surface area contributed by atoms with E-state index in [1.165, 1.54) is 4.31 Å². The Hall–Kier alpha value is -3.21. The summed E-state index contributed by atoms with van der Waals surface area (Å²) in [6.45, 7) is 6.87. The van der Waals surface area contributed by atoms with Crippen LogP contribution in [0.5, 0.6) is 5.75 Å². The maximum Gasteiger partial charge on any atom is 0.248 e. The number of benzene rings is 2. The summed E-state index contributed by atoms with van der Waals surface area (Å²) in [6, 6.07) is 16.2. The number of aromatic nitrogens is 1. The van der Waals surface area contributed by atoms with Gasteiger partial charge in [0.25, 0.3) is 0 Å². The zero-order chi connectivity index (χ0) is 25.0. The minimum atomic E-state index is -3.74. The van der Waals surface area contributed by atoms with Gasteiger partial charge in [-0.2, -0.15) is 4.31 Å². The number of hydrogen-bond acceptors (Lipinski definition) is 7. The maximum atomic E-state index is 13.6. The second kappa shape index (κ2) is 10.6. The van der Waals surface area contributed by atoms with E-state index in [1.807, 2.05) is 60.4 Å². The molecular formula is C25H30N4O5S. The minimum Gasteiger partial charge on any atom is -0.492 e. The zero-order valence-electron chi connectivity index (χ0n) is 20.1. The van der Waals surface area contributed by atoms with E-state index in [2.05, 4.69) is 10.5 Å². The lowest BCUT2D eigenvalue weighted by molar-refractivity contribution is -0.122. The summed E-state index contributed by atoms with van der Waals surface area (Å²) in [5.41, 5.74) is 1.78. The Morgan fingerprint density at radius 1 is 1.06 bits per heavy atom. The van der Waals surface area contributed by atoms with E-state index in [9.17, 15) is 13.2 Å². The van der Waals surface area contributed by atoms with Gasteiger partial charge in [-0.15, -0.1) is 0 Å². The van der Waals surface area contributed by atoms with Gasteiger partial charge in [-0.25, -0.2) is 8.42 Å². The van der Waals surface area contributed by atoms with E-state index in [0.717, 1.165) is 5.56 Å². The molecule has 186 valence electrons. The van der Waals surface area contributed by atoms with Gasteiger partial charge >= 0.3 is 0 Å². The van der Waals surface area contributed by atoms with E-state index in [0.29, 0.717) is 36.8 Å². The molecule has 9 nitrogen and oxygen atoms in total. The molecule has 1 aromatic heterocycles. The molecule has 1 fully saturated rings. The summed E-state index contributed by atoms with van der Waals surface area (Å²) in [6.07, 6.45) is 0. The van der Waals surface area contributed by atoms with Gasteiger partial charge in [-0.1, -0.05) is 47.6 Å². The van der Waals surface area contributed by atoms with Gasteiger partial charge in [0.05, 0.1) is 12.3 Å². The van der Waals surface area contributed by atoms with E-state index in [4.69, 9.17) is 9.26 Å². The van der Waals surface area contributed by atoms with Crippen molar-refractivity contribution in [3.8, 4) is 5.75 Å². The Kier molecular flexibility index (Phi) is 7.54. The van der Waals surface area contributed by atoms with Crippen LogP contribution in [-0.4, -0.2) is 61.5 Å². The summed E-state index contributed by atoms with van der Waals surface area (Å²) in [5.74, 6) is 0.676. The highest BCUT2D eigenvalue weighted by Crippen LogP contribution is 2.30. The van der Waals surface area contributed by atoms with Crippen molar-refractivity contribution in [2.75, 3.05) is 38.1 Å². The van der Waals surface area contributed by atoms with Gasteiger partial charge in [0.2, 0.25) is 15.9 Å². The van der Waals surface area contributed by atoms with Crippen LogP contribution in [0.1, 0.15) is 30.0 Å². The molecule has 1 aliphatic rings. The second-order valence-corrected chi connectivity index (χ2v) is 10.2. The largest absolute Gasteiger partial charge is 0.492 e. The molecule has 0 aliphatic carbocycles. The molecule has 0 spiro atoms. The van der Waals surface area contributed by atoms with Crippen LogP contribution in [0.3, 0.4) is 0 Å². The van der Waals surface area contributed by atoms with Crippen LogP contribution >= 0.6 is 0 Å². The second-order valence-electron chi connectivity index (χ2n) is 8.32. The molecule has 1 aliphatic heterocycles. The Balaban J connectivity index is 1.55. The van der Waals surface area contributed by atoms with Crippen molar-refractivity contribution in [1.82, 2.24) is 14.4 Å². The topological polar surface area (TPSA) is 105 Å². The Morgan fingerprint density at radius 3 is 2.34 bits per heavy atom. The lowest BCUT2D eigenvalue weighted by atomic mass is 10.0. The van der Waals surface area contributed by atoms with Gasteiger partial charge < -0.3 is 14.6 Å². The fourth-order valence-corrected chi connectivity index (χ4v) is 6.10. The summed E-state index contributed by atoms with van der Waals surface area (Å²) < 4.78 is 38.6. The number of aryl methyl sites for hydroxylation is 2. The molecule has 2 aromatic carbocycles. The van der Waals surface area contributed by atoms with Gasteiger partial charge in [-0.05, 0) is 38.5 Å². The average Bonchev–Trinajstić information content (AvgIpc) is 3.20. The van der Waals surface area contributed by atoms with Gasteiger partial charge in [0.1, 0.15) is 22.4 Å². The van der Waals surface area contributed by atoms with E-state index >= 15 is 0 Å². The number of rotatable bonds is 8. The van der Waals surface area contributed by atoms with Crippen molar-refractivity contribution < 1.29 is 22.5 Å². The number of amides is 1. The van der Waals surface area contributed by atoms with Crippen molar-refractivity contribution in [1.29, 1.82) is 0 Å². The number of hydrogen-bond donors (Lipinski definition) is 1. The first-order valence-corrected chi connectivity index (χ1v) is 13.0. The molecular weight excluding hydrogens is 468 g/mol. The monoisotopic (exact) mass is 498 g/mol. The molecule has 0 bridgehead atoms. The third-order valence-corrected chi connectivity index (χ3v) is 8.16. The van der Waals surface area contributed by atoms with Crippen molar-refractivity contribution in [2.45, 2.75) is 31.7 Å². The van der Waals surface area contributed by atoms with Crippen LogP contribution in [-0.2, 0) is 14.8 Å². The standard InChI is InChI=1S/C25H30N4O5S/c1-4-33-22-13-9-8-12-21(22)26-25(30)23(20-10-6-5-7-11-20)28-14-16-29(17-15-28)35(31,32)24-18(2)27-34-19(24)3/h5-13,23H,4,14-17H2,1-3H3,(H,26,30)/t23-/m1/s1. The maximum absolute atomic E-state index is 13.6. The third-order valence-electron chi connectivity index (χ3n) is 6.01. The molecule has 10 heteroatoms. The highest BCUT2D eigenvalue weighted by Gasteiger charge is 2.37. The number of para-hydroxylation sites is 2. The first kappa shape index (κ1) is 24.9. The first-order chi connectivity index (χ1) is 16.8. The van der Waals surface area contributed by atoms with Gasteiger partial charge in [-0.3, -0.25) is 9.69 Å². The molecule has 1 atom stereocenters. The Labute approximate surface area is 205 Å². The fourth-order valence-electron chi connectivity index (χ4n) is 4.39. The molecule has 4 rings (SSSR count). The first-order valence-electron chi connectivity index (χ1n) is 11.6. The normalized spacial score (nSPS) is 16.1. The predicted octanol–water partition coefficient (Wildman–Crippen LogP) is 3.38. The number of piperazine rings is 1. The van der Waals surface area contributed by atoms with Crippen LogP contribution in [0.25, 0.3) is 0 Å². The van der Waals surface area contributed by atoms with E-state index in [1.54, 1.807) is 19.9 Å². The van der Waals surface area contributed by atoms with Crippen molar-refractivity contribution in [3.05, 3.63) is 71.6 Å². The van der Waals surface area contributed by atoms with Gasteiger partial charge in [0.15, 0.2) is 5.76 Å². The summed E-state index contributed by atoms with van der Waals surface area (Å²) >= 11 is 0. The number of nitrogens with one attached hydrogen (secondary N) is 1. The highest BCUT2D eigenvalue weighted by molar-refractivity contribution is 7.89. The Morgan fingerprint density at radius 2 is 1.71 bits per heavy atom. The van der Waals surface area contributed by atoms with Crippen LogP contribution < -0.4 is 10.1 Å². The molecule has 3 aromatic rings. The summed E-state index contributed by atoms with van der Waals surface area (Å²) in [7, 11) is -3.74. The number of anilines is 1. The van der Waals surface area contributed by atoms with Crippen LogP contribution in [0.15, 0.2) is 64.0 Å². The number of sulfonamides is 1. The van der Waals surface area contributed by atoms with E-state index < -0.39 is 16.1 Å². The quantitative estimate of drug-likeness (QED) is 0.508. The molecule has 1 amide bonds. The smallest absolute Gasteiger partial charge is 0.248 e. The van der Waals surface area contributed by atoms with Crippen LogP contribution in [0.4, 0.5) is 5.69 Å². The predicted molar refractivity (Wildman–Crippen MR) is 132 cm³/mol. The summed E-state index contributed by atoms with van der Waals surface area (Å²) in [5, 5.41) is 6.80. The molecule has 1 saturated heterocycles. The number of nitrogens with zero attached hydrogens (tertiary/aromatic N) is 3. The molecule has 0 unspecified atom stereocenters. The molecule has 0 saturated carbocycles. The van der Waals surface area contributed by atoms with Crippen molar-refractivity contribution in [3.63, 3.8) is 0 Å². The van der Waals surface area contributed by atoms with Crippen molar-refractivity contribution >= 4 is 21.6 Å². The minimum absolute atomic E-state index is 0.121. The molecule has 1 N–H and O–H groups in total. The number of carbonyl (C=O) groups excluding carboxylic acids is 1. The molecule has 0 radical (unpaired) electrons. The third kappa shape index (κ3) is 5.24. The number of carbonyl (C=O) groups is 1.